The fourth-order valence-electron chi connectivity index (χ4n) is 2.46. The van der Waals surface area contributed by atoms with Crippen LogP contribution in [0.2, 0.25) is 0 Å². The molecule has 0 spiro atoms. The number of nitrogens with one attached hydrogen (secondary N) is 1. The molecule has 0 heterocycles. The summed E-state index contributed by atoms with van der Waals surface area (Å²) in [5.41, 5.74) is 6.78. The summed E-state index contributed by atoms with van der Waals surface area (Å²) in [5.74, 6) is -0.271. The molecule has 0 bridgehead atoms. The van der Waals surface area contributed by atoms with E-state index in [0.29, 0.717) is 17.0 Å². The van der Waals surface area contributed by atoms with Crippen molar-refractivity contribution in [2.24, 2.45) is 0 Å². The van der Waals surface area contributed by atoms with E-state index in [-0.39, 0.29) is 4.90 Å². The van der Waals surface area contributed by atoms with E-state index in [2.05, 4.69) is 0 Å². The minimum atomic E-state index is -3.97. The molecule has 0 atom stereocenters. The molecule has 0 radical (unpaired) electrons. The van der Waals surface area contributed by atoms with E-state index in [4.69, 9.17) is 10.5 Å². The number of anilines is 1. The lowest BCUT2D eigenvalue weighted by Crippen LogP contribution is -2.34. The number of ether oxygens (including phenoxy) is 1. The van der Waals surface area contributed by atoms with E-state index in [1.165, 1.54) is 18.2 Å². The van der Waals surface area contributed by atoms with Crippen LogP contribution < -0.4 is 15.2 Å². The average Bonchev–Trinajstić information content (AvgIpc) is 2.61. The summed E-state index contributed by atoms with van der Waals surface area (Å²) in [7, 11) is -3.97. The molecule has 0 aliphatic rings. The lowest BCUT2D eigenvalue weighted by atomic mass is 10.1. The molecule has 7 heteroatoms. The maximum atomic E-state index is 12.3. The van der Waals surface area contributed by atoms with Gasteiger partial charge < -0.3 is 10.5 Å². The van der Waals surface area contributed by atoms with E-state index in [1.54, 1.807) is 19.1 Å². The van der Waals surface area contributed by atoms with Gasteiger partial charge in [0.2, 0.25) is 0 Å². The van der Waals surface area contributed by atoms with Crippen LogP contribution in [0.5, 0.6) is 5.75 Å². The van der Waals surface area contributed by atoms with Gasteiger partial charge in [-0.2, -0.15) is 0 Å². The molecule has 1 amide bonds. The third-order valence-corrected chi connectivity index (χ3v) is 5.26. The van der Waals surface area contributed by atoms with Crippen molar-refractivity contribution in [2.75, 3.05) is 12.3 Å². The van der Waals surface area contributed by atoms with Crippen molar-refractivity contribution >= 4 is 32.4 Å². The highest BCUT2D eigenvalue weighted by Gasteiger charge is 2.18. The Morgan fingerprint density at radius 3 is 2.50 bits per heavy atom. The van der Waals surface area contributed by atoms with Gasteiger partial charge in [0.1, 0.15) is 5.75 Å². The number of carbonyl (C=O) groups is 1. The van der Waals surface area contributed by atoms with Gasteiger partial charge >= 0.3 is 0 Å². The zero-order valence-electron chi connectivity index (χ0n) is 14.1. The smallest absolute Gasteiger partial charge is 0.271 e. The van der Waals surface area contributed by atoms with Crippen LogP contribution in [0.15, 0.2) is 65.6 Å². The summed E-state index contributed by atoms with van der Waals surface area (Å²) in [6, 6.07) is 17.4. The van der Waals surface area contributed by atoms with Crippen molar-refractivity contribution in [3.8, 4) is 5.75 Å². The van der Waals surface area contributed by atoms with E-state index >= 15 is 0 Å². The number of rotatable bonds is 5. The lowest BCUT2D eigenvalue weighted by molar-refractivity contribution is -0.121. The number of hydrogen-bond donors (Lipinski definition) is 2. The highest BCUT2D eigenvalue weighted by molar-refractivity contribution is 7.90. The minimum absolute atomic E-state index is 0.0248. The monoisotopic (exact) mass is 370 g/mol. The Bertz CT molecular complexity index is 1080. The van der Waals surface area contributed by atoms with Crippen molar-refractivity contribution in [2.45, 2.75) is 11.8 Å². The maximum Gasteiger partial charge on any atom is 0.271 e. The Morgan fingerprint density at radius 1 is 1.04 bits per heavy atom. The SMILES string of the molecule is Cc1cc(S(=O)(=O)NC(=O)COc2ccc3ccccc3c2)ccc1N. The van der Waals surface area contributed by atoms with Gasteiger partial charge in [-0.15, -0.1) is 0 Å². The predicted molar refractivity (Wildman–Crippen MR) is 100 cm³/mol. The van der Waals surface area contributed by atoms with E-state index in [0.717, 1.165) is 10.8 Å². The van der Waals surface area contributed by atoms with Crippen molar-refractivity contribution in [3.63, 3.8) is 0 Å². The molecule has 0 unspecified atom stereocenters. The number of aryl methyl sites for hydroxylation is 1. The van der Waals surface area contributed by atoms with Crippen LogP contribution in [-0.2, 0) is 14.8 Å². The molecular weight excluding hydrogens is 352 g/mol. The Hall–Kier alpha value is -3.06. The van der Waals surface area contributed by atoms with Gasteiger partial charge in [-0.1, -0.05) is 30.3 Å². The Kier molecular flexibility index (Phi) is 4.81. The average molecular weight is 370 g/mol. The van der Waals surface area contributed by atoms with Gasteiger partial charge in [0, 0.05) is 5.69 Å². The summed E-state index contributed by atoms with van der Waals surface area (Å²) in [6.45, 7) is 1.28. The Balaban J connectivity index is 1.66. The molecule has 0 aliphatic carbocycles. The van der Waals surface area contributed by atoms with Gasteiger partial charge in [-0.3, -0.25) is 4.79 Å². The number of amides is 1. The van der Waals surface area contributed by atoms with Crippen LogP contribution in [0, 0.1) is 6.92 Å². The molecule has 26 heavy (non-hydrogen) atoms. The molecule has 3 N–H and O–H groups in total. The Labute approximate surface area is 151 Å². The van der Waals surface area contributed by atoms with Crippen molar-refractivity contribution < 1.29 is 17.9 Å². The van der Waals surface area contributed by atoms with Gasteiger partial charge in [-0.05, 0) is 53.6 Å². The second-order valence-corrected chi connectivity index (χ2v) is 7.53. The maximum absolute atomic E-state index is 12.3. The largest absolute Gasteiger partial charge is 0.484 e. The van der Waals surface area contributed by atoms with Gasteiger partial charge in [0.15, 0.2) is 6.61 Å². The summed E-state index contributed by atoms with van der Waals surface area (Å²) in [5, 5.41) is 2.01. The molecule has 3 aromatic rings. The molecular formula is C19H18N2O4S. The summed E-state index contributed by atoms with van der Waals surface area (Å²) in [4.78, 5) is 12.0. The van der Waals surface area contributed by atoms with Gasteiger partial charge in [0.05, 0.1) is 4.90 Å². The summed E-state index contributed by atoms with van der Waals surface area (Å²) < 4.78 is 31.9. The standard InChI is InChI=1S/C19H18N2O4S/c1-13-10-17(8-9-18(13)20)26(23,24)21-19(22)12-25-16-7-6-14-4-2-3-5-15(14)11-16/h2-11H,12,20H2,1H3,(H,21,22). The first-order chi connectivity index (χ1) is 12.3. The van der Waals surface area contributed by atoms with Crippen molar-refractivity contribution in [1.82, 2.24) is 4.72 Å². The fourth-order valence-corrected chi connectivity index (χ4v) is 3.52. The number of nitrogen functional groups attached to an aromatic ring is 1. The molecule has 0 aliphatic heterocycles. The van der Waals surface area contributed by atoms with Gasteiger partial charge in [-0.25, -0.2) is 13.1 Å². The predicted octanol–water partition coefficient (Wildman–Crippen LogP) is 2.61. The van der Waals surface area contributed by atoms with Gasteiger partial charge in [0.25, 0.3) is 15.9 Å². The first kappa shape index (κ1) is 17.8. The number of fused-ring (bicyclic) bond motifs is 1. The quantitative estimate of drug-likeness (QED) is 0.673. The minimum Gasteiger partial charge on any atom is -0.484 e. The number of carbonyl (C=O) groups excluding carboxylic acids is 1. The second-order valence-electron chi connectivity index (χ2n) is 5.84. The van der Waals surface area contributed by atoms with Crippen LogP contribution in [0.25, 0.3) is 10.8 Å². The van der Waals surface area contributed by atoms with Crippen LogP contribution in [-0.4, -0.2) is 20.9 Å². The third-order valence-electron chi connectivity index (χ3n) is 3.89. The van der Waals surface area contributed by atoms with Crippen LogP contribution >= 0.6 is 0 Å². The van der Waals surface area contributed by atoms with E-state index < -0.39 is 22.5 Å². The van der Waals surface area contributed by atoms with Crippen LogP contribution in [0.4, 0.5) is 5.69 Å². The molecule has 0 saturated heterocycles. The third kappa shape index (κ3) is 3.94. The summed E-state index contributed by atoms with van der Waals surface area (Å²) in [6.07, 6.45) is 0. The van der Waals surface area contributed by atoms with Crippen LogP contribution in [0.3, 0.4) is 0 Å². The number of sulfonamides is 1. The van der Waals surface area contributed by atoms with E-state index in [9.17, 15) is 13.2 Å². The molecule has 3 rings (SSSR count). The first-order valence-corrected chi connectivity index (χ1v) is 9.37. The Morgan fingerprint density at radius 2 is 1.77 bits per heavy atom. The summed E-state index contributed by atoms with van der Waals surface area (Å²) >= 11 is 0. The van der Waals surface area contributed by atoms with Crippen molar-refractivity contribution in [1.29, 1.82) is 0 Å². The lowest BCUT2D eigenvalue weighted by Gasteiger charge is -2.10. The highest BCUT2D eigenvalue weighted by Crippen LogP contribution is 2.20. The molecule has 134 valence electrons. The zero-order chi connectivity index (χ0) is 18.7. The zero-order valence-corrected chi connectivity index (χ0v) is 14.9. The topological polar surface area (TPSA) is 98.5 Å². The van der Waals surface area contributed by atoms with E-state index in [1.807, 2.05) is 35.1 Å². The molecule has 6 nitrogen and oxygen atoms in total. The van der Waals surface area contributed by atoms with Crippen LogP contribution in [0.1, 0.15) is 5.56 Å². The normalized spacial score (nSPS) is 11.3. The highest BCUT2D eigenvalue weighted by atomic mass is 32.2. The molecule has 3 aromatic carbocycles. The number of nitrogens with two attached hydrogens (primary N) is 1. The molecule has 0 fully saturated rings. The second kappa shape index (κ2) is 7.05. The number of benzene rings is 3. The molecule has 0 aromatic heterocycles. The molecule has 0 saturated carbocycles. The first-order valence-electron chi connectivity index (χ1n) is 7.88. The van der Waals surface area contributed by atoms with Crippen molar-refractivity contribution in [3.05, 3.63) is 66.2 Å². The fraction of sp³-hybridized carbons (Fsp3) is 0.105. The number of hydrogen-bond acceptors (Lipinski definition) is 5.